The molecule has 0 unspecified atom stereocenters. The van der Waals surface area contributed by atoms with Crippen LogP contribution in [0.4, 0.5) is 0 Å². The molecule has 5 nitrogen and oxygen atoms in total. The highest BCUT2D eigenvalue weighted by atomic mass is 16.5. The topological polar surface area (TPSA) is 49.9 Å². The number of ether oxygens (including phenoxy) is 1. The summed E-state index contributed by atoms with van der Waals surface area (Å²) >= 11 is 0. The van der Waals surface area contributed by atoms with E-state index in [2.05, 4.69) is 13.8 Å². The van der Waals surface area contributed by atoms with Crippen molar-refractivity contribution in [3.05, 3.63) is 65.2 Å². The fourth-order valence-corrected chi connectivity index (χ4v) is 3.38. The summed E-state index contributed by atoms with van der Waals surface area (Å²) in [6.45, 7) is 6.35. The van der Waals surface area contributed by atoms with Crippen molar-refractivity contribution in [1.82, 2.24) is 9.80 Å². The molecule has 0 aliphatic carbocycles. The summed E-state index contributed by atoms with van der Waals surface area (Å²) in [6, 6.07) is 14.9. The Labute approximate surface area is 160 Å². The van der Waals surface area contributed by atoms with Crippen molar-refractivity contribution in [3.8, 4) is 5.75 Å². The Bertz CT molecular complexity index is 810. The Morgan fingerprint density at radius 3 is 1.93 bits per heavy atom. The van der Waals surface area contributed by atoms with Gasteiger partial charge in [-0.3, -0.25) is 9.59 Å². The molecule has 2 amide bonds. The Balaban J connectivity index is 1.67. The lowest BCUT2D eigenvalue weighted by molar-refractivity contribution is 0.0535. The van der Waals surface area contributed by atoms with Crippen LogP contribution in [0.25, 0.3) is 0 Å². The van der Waals surface area contributed by atoms with E-state index in [1.807, 2.05) is 58.3 Å². The molecule has 142 valence electrons. The van der Waals surface area contributed by atoms with E-state index >= 15 is 0 Å². The minimum atomic E-state index is 0.00589. The van der Waals surface area contributed by atoms with E-state index in [1.165, 1.54) is 0 Å². The number of carbonyl (C=O) groups is 2. The number of amides is 2. The van der Waals surface area contributed by atoms with Crippen LogP contribution < -0.4 is 4.74 Å². The average molecular weight is 366 g/mol. The molecule has 2 aromatic rings. The molecule has 1 saturated heterocycles. The van der Waals surface area contributed by atoms with Crippen LogP contribution in [0, 0.1) is 0 Å². The van der Waals surface area contributed by atoms with E-state index in [9.17, 15) is 9.59 Å². The summed E-state index contributed by atoms with van der Waals surface area (Å²) < 4.78 is 5.40. The predicted octanol–water partition coefficient (Wildman–Crippen LogP) is 3.42. The van der Waals surface area contributed by atoms with Crippen LogP contribution in [0.2, 0.25) is 0 Å². The lowest BCUT2D eigenvalue weighted by Crippen LogP contribution is -2.50. The number of hydrogen-bond donors (Lipinski definition) is 0. The van der Waals surface area contributed by atoms with Gasteiger partial charge in [-0.2, -0.15) is 0 Å². The highest BCUT2D eigenvalue weighted by Gasteiger charge is 2.26. The maximum atomic E-state index is 12.9. The van der Waals surface area contributed by atoms with Gasteiger partial charge in [0.15, 0.2) is 0 Å². The monoisotopic (exact) mass is 366 g/mol. The highest BCUT2D eigenvalue weighted by molar-refractivity contribution is 5.96. The fourth-order valence-electron chi connectivity index (χ4n) is 3.38. The Morgan fingerprint density at radius 2 is 1.41 bits per heavy atom. The van der Waals surface area contributed by atoms with E-state index in [4.69, 9.17) is 4.74 Å². The second-order valence-electron chi connectivity index (χ2n) is 7.06. The molecular formula is C22H26N2O3. The maximum Gasteiger partial charge on any atom is 0.253 e. The summed E-state index contributed by atoms with van der Waals surface area (Å²) in [5, 5.41) is 0. The van der Waals surface area contributed by atoms with Crippen molar-refractivity contribution in [2.24, 2.45) is 0 Å². The predicted molar refractivity (Wildman–Crippen MR) is 105 cm³/mol. The van der Waals surface area contributed by atoms with E-state index in [0.29, 0.717) is 37.3 Å². The summed E-state index contributed by atoms with van der Waals surface area (Å²) in [5.74, 6) is 1.11. The Morgan fingerprint density at radius 1 is 0.852 bits per heavy atom. The van der Waals surface area contributed by atoms with E-state index in [0.717, 1.165) is 11.3 Å². The molecule has 1 aliphatic heterocycles. The van der Waals surface area contributed by atoms with E-state index in [1.54, 1.807) is 7.11 Å². The summed E-state index contributed by atoms with van der Waals surface area (Å²) in [6.07, 6.45) is 0. The summed E-state index contributed by atoms with van der Waals surface area (Å²) in [7, 11) is 1.64. The molecular weight excluding hydrogens is 340 g/mol. The zero-order valence-corrected chi connectivity index (χ0v) is 16.1. The van der Waals surface area contributed by atoms with Gasteiger partial charge in [-0.05, 0) is 41.8 Å². The van der Waals surface area contributed by atoms with Gasteiger partial charge in [0.05, 0.1) is 7.11 Å². The van der Waals surface area contributed by atoms with Gasteiger partial charge in [-0.25, -0.2) is 0 Å². The van der Waals surface area contributed by atoms with Gasteiger partial charge < -0.3 is 14.5 Å². The second-order valence-corrected chi connectivity index (χ2v) is 7.06. The first-order chi connectivity index (χ1) is 13.0. The van der Waals surface area contributed by atoms with Gasteiger partial charge in [0.2, 0.25) is 0 Å². The van der Waals surface area contributed by atoms with Crippen LogP contribution in [-0.4, -0.2) is 54.9 Å². The lowest BCUT2D eigenvalue weighted by Gasteiger charge is -2.35. The van der Waals surface area contributed by atoms with Gasteiger partial charge in [0.25, 0.3) is 11.8 Å². The van der Waals surface area contributed by atoms with Gasteiger partial charge in [0.1, 0.15) is 5.75 Å². The first-order valence-corrected chi connectivity index (χ1v) is 9.32. The zero-order chi connectivity index (χ0) is 19.4. The molecule has 0 saturated carbocycles. The third-order valence-electron chi connectivity index (χ3n) is 4.97. The van der Waals surface area contributed by atoms with E-state index < -0.39 is 0 Å². The number of methoxy groups -OCH3 is 1. The first kappa shape index (κ1) is 19.0. The smallest absolute Gasteiger partial charge is 0.253 e. The van der Waals surface area contributed by atoms with Crippen LogP contribution in [0.3, 0.4) is 0 Å². The van der Waals surface area contributed by atoms with Gasteiger partial charge in [-0.15, -0.1) is 0 Å². The quantitative estimate of drug-likeness (QED) is 0.833. The van der Waals surface area contributed by atoms with Crippen LogP contribution in [-0.2, 0) is 0 Å². The zero-order valence-electron chi connectivity index (χ0n) is 16.1. The molecule has 0 N–H and O–H groups in total. The van der Waals surface area contributed by atoms with Crippen LogP contribution in [0.15, 0.2) is 48.5 Å². The van der Waals surface area contributed by atoms with Gasteiger partial charge in [-0.1, -0.05) is 32.0 Å². The Kier molecular flexibility index (Phi) is 5.79. The average Bonchev–Trinajstić information content (AvgIpc) is 2.73. The van der Waals surface area contributed by atoms with Crippen molar-refractivity contribution in [2.45, 2.75) is 19.8 Å². The number of hydrogen-bond acceptors (Lipinski definition) is 3. The molecule has 0 aromatic heterocycles. The molecule has 2 aromatic carbocycles. The van der Waals surface area contributed by atoms with Crippen molar-refractivity contribution >= 4 is 11.8 Å². The third kappa shape index (κ3) is 4.13. The molecule has 5 heteroatoms. The highest BCUT2D eigenvalue weighted by Crippen LogP contribution is 2.28. The maximum absolute atomic E-state index is 12.9. The number of benzene rings is 2. The SMILES string of the molecule is COc1ccc(C(=O)N2CCN(C(=O)c3ccccc3)CC2)cc1C(C)C. The first-order valence-electron chi connectivity index (χ1n) is 9.32. The summed E-state index contributed by atoms with van der Waals surface area (Å²) in [4.78, 5) is 29.1. The molecule has 1 aliphatic rings. The number of nitrogens with zero attached hydrogens (tertiary/aromatic N) is 2. The van der Waals surface area contributed by atoms with Crippen molar-refractivity contribution in [1.29, 1.82) is 0 Å². The molecule has 0 radical (unpaired) electrons. The van der Waals surface area contributed by atoms with Crippen LogP contribution >= 0.6 is 0 Å². The Hall–Kier alpha value is -2.82. The molecule has 0 atom stereocenters. The van der Waals surface area contributed by atoms with Gasteiger partial charge in [0, 0.05) is 37.3 Å². The van der Waals surface area contributed by atoms with Crippen molar-refractivity contribution < 1.29 is 14.3 Å². The molecule has 1 heterocycles. The van der Waals surface area contributed by atoms with Crippen LogP contribution in [0.1, 0.15) is 46.0 Å². The molecule has 3 rings (SSSR count). The number of rotatable bonds is 4. The minimum Gasteiger partial charge on any atom is -0.496 e. The van der Waals surface area contributed by atoms with Crippen molar-refractivity contribution in [3.63, 3.8) is 0 Å². The number of piperazine rings is 1. The molecule has 0 spiro atoms. The van der Waals surface area contributed by atoms with Gasteiger partial charge >= 0.3 is 0 Å². The molecule has 1 fully saturated rings. The van der Waals surface area contributed by atoms with Crippen molar-refractivity contribution in [2.75, 3.05) is 33.3 Å². The number of carbonyl (C=O) groups excluding carboxylic acids is 2. The van der Waals surface area contributed by atoms with Crippen LogP contribution in [0.5, 0.6) is 5.75 Å². The second kappa shape index (κ2) is 8.25. The normalized spacial score (nSPS) is 14.4. The largest absolute Gasteiger partial charge is 0.496 e. The third-order valence-corrected chi connectivity index (χ3v) is 4.97. The minimum absolute atomic E-state index is 0.00589. The standard InChI is InChI=1S/C22H26N2O3/c1-16(2)19-15-18(9-10-20(19)27-3)22(26)24-13-11-23(12-14-24)21(25)17-7-5-4-6-8-17/h4-10,15-16H,11-14H2,1-3H3. The fraction of sp³-hybridized carbons (Fsp3) is 0.364. The molecule has 0 bridgehead atoms. The lowest BCUT2D eigenvalue weighted by atomic mass is 9.99. The molecule has 27 heavy (non-hydrogen) atoms. The van der Waals surface area contributed by atoms with E-state index in [-0.39, 0.29) is 17.7 Å². The summed E-state index contributed by atoms with van der Waals surface area (Å²) in [5.41, 5.74) is 2.39.